The van der Waals surface area contributed by atoms with Crippen LogP contribution in [0.3, 0.4) is 0 Å². The molecule has 0 amide bonds. The van der Waals surface area contributed by atoms with Crippen molar-refractivity contribution in [2.45, 2.75) is 0 Å². The molecule has 0 aromatic heterocycles. The molecule has 0 aliphatic carbocycles. The molecule has 0 aliphatic rings. The van der Waals surface area contributed by atoms with Crippen LogP contribution in [0.5, 0.6) is 11.5 Å². The maximum absolute atomic E-state index is 10.8. The minimum Gasteiger partial charge on any atom is -0.493 e. The zero-order chi connectivity index (χ0) is 11.4. The molecule has 0 radical (unpaired) electrons. The summed E-state index contributed by atoms with van der Waals surface area (Å²) in [4.78, 5) is 10.8. The van der Waals surface area contributed by atoms with E-state index in [9.17, 15) is 4.79 Å². The zero-order valence-corrected chi connectivity index (χ0v) is 8.27. The number of carboxylic acid groups (broad SMARTS) is 1. The summed E-state index contributed by atoms with van der Waals surface area (Å²) in [6, 6.07) is 2.60. The summed E-state index contributed by atoms with van der Waals surface area (Å²) in [5.41, 5.74) is 1.73. The Morgan fingerprint density at radius 2 is 1.80 bits per heavy atom. The van der Waals surface area contributed by atoms with Gasteiger partial charge < -0.3 is 14.6 Å². The van der Waals surface area contributed by atoms with Crippen molar-refractivity contribution < 1.29 is 24.6 Å². The molecule has 0 saturated carbocycles. The van der Waals surface area contributed by atoms with Crippen LogP contribution in [0.15, 0.2) is 12.1 Å². The Labute approximate surface area is 86.0 Å². The first-order chi connectivity index (χ1) is 7.13. The molecule has 82 valence electrons. The molecule has 0 unspecified atom stereocenters. The Balaban J connectivity index is 3.34. The van der Waals surface area contributed by atoms with E-state index in [4.69, 9.17) is 19.8 Å². The fourth-order valence-corrected chi connectivity index (χ4v) is 1.15. The fraction of sp³-hybridized carbons (Fsp3) is 0.222. The minimum absolute atomic E-state index is 0.0418. The van der Waals surface area contributed by atoms with Crippen molar-refractivity contribution in [3.63, 3.8) is 0 Å². The van der Waals surface area contributed by atoms with Gasteiger partial charge in [0.25, 0.3) is 0 Å². The molecule has 1 rings (SSSR count). The number of hydrogen-bond donors (Lipinski definition) is 3. The van der Waals surface area contributed by atoms with Crippen LogP contribution in [0.4, 0.5) is 5.69 Å². The summed E-state index contributed by atoms with van der Waals surface area (Å²) < 4.78 is 9.87. The number of methoxy groups -OCH3 is 2. The fourth-order valence-electron chi connectivity index (χ4n) is 1.15. The molecular weight excluding hydrogens is 202 g/mol. The number of carbonyl (C=O) groups is 1. The first-order valence-electron chi connectivity index (χ1n) is 4.03. The maximum Gasteiger partial charge on any atom is 0.338 e. The predicted molar refractivity (Wildman–Crippen MR) is 51.9 cm³/mol. The van der Waals surface area contributed by atoms with Gasteiger partial charge in [-0.3, -0.25) is 10.7 Å². The molecule has 0 bridgehead atoms. The maximum atomic E-state index is 10.8. The molecule has 0 atom stereocenters. The van der Waals surface area contributed by atoms with Crippen molar-refractivity contribution in [3.8, 4) is 11.5 Å². The second-order valence-electron chi connectivity index (χ2n) is 2.67. The lowest BCUT2D eigenvalue weighted by atomic mass is 10.1. The lowest BCUT2D eigenvalue weighted by molar-refractivity contribution is 0.0696. The van der Waals surface area contributed by atoms with E-state index >= 15 is 0 Å². The van der Waals surface area contributed by atoms with E-state index in [1.807, 2.05) is 0 Å². The highest BCUT2D eigenvalue weighted by Crippen LogP contribution is 2.32. The number of rotatable bonds is 4. The molecule has 3 N–H and O–H groups in total. The van der Waals surface area contributed by atoms with Gasteiger partial charge in [-0.05, 0) is 0 Å². The summed E-state index contributed by atoms with van der Waals surface area (Å²) in [5, 5.41) is 17.6. The summed E-state index contributed by atoms with van der Waals surface area (Å²) in [6.07, 6.45) is 0. The number of hydrogen-bond acceptors (Lipinski definition) is 5. The number of ether oxygens (including phenoxy) is 2. The SMILES string of the molecule is COc1cc(NO)c(C(=O)O)cc1OC. The Bertz CT molecular complexity index is 377. The number of carboxylic acids is 1. The van der Waals surface area contributed by atoms with Gasteiger partial charge in [0, 0.05) is 12.1 Å². The predicted octanol–water partition coefficient (Wildman–Crippen LogP) is 1.20. The summed E-state index contributed by atoms with van der Waals surface area (Å²) in [5.74, 6) is -0.555. The monoisotopic (exact) mass is 213 g/mol. The van der Waals surface area contributed by atoms with Crippen molar-refractivity contribution in [1.29, 1.82) is 0 Å². The molecular formula is C9H11NO5. The third kappa shape index (κ3) is 2.10. The van der Waals surface area contributed by atoms with Gasteiger partial charge in [0.05, 0.1) is 25.5 Å². The van der Waals surface area contributed by atoms with Gasteiger partial charge in [-0.2, -0.15) is 0 Å². The number of aromatic carboxylic acids is 1. The van der Waals surface area contributed by atoms with Crippen molar-refractivity contribution >= 4 is 11.7 Å². The van der Waals surface area contributed by atoms with Gasteiger partial charge in [0.15, 0.2) is 11.5 Å². The van der Waals surface area contributed by atoms with E-state index in [0.717, 1.165) is 0 Å². The normalized spacial score (nSPS) is 9.53. The topological polar surface area (TPSA) is 88.0 Å². The highest BCUT2D eigenvalue weighted by Gasteiger charge is 2.15. The Morgan fingerprint density at radius 3 is 2.20 bits per heavy atom. The van der Waals surface area contributed by atoms with E-state index in [1.165, 1.54) is 26.4 Å². The lowest BCUT2D eigenvalue weighted by Gasteiger charge is -2.11. The Hall–Kier alpha value is -1.95. The van der Waals surface area contributed by atoms with Crippen LogP contribution in [0, 0.1) is 0 Å². The van der Waals surface area contributed by atoms with E-state index in [-0.39, 0.29) is 17.0 Å². The largest absolute Gasteiger partial charge is 0.493 e. The van der Waals surface area contributed by atoms with Gasteiger partial charge >= 0.3 is 5.97 Å². The number of benzene rings is 1. The molecule has 1 aromatic carbocycles. The first kappa shape index (κ1) is 11.1. The van der Waals surface area contributed by atoms with Crippen LogP contribution in [0.1, 0.15) is 10.4 Å². The Morgan fingerprint density at radius 1 is 1.27 bits per heavy atom. The second-order valence-corrected chi connectivity index (χ2v) is 2.67. The second kappa shape index (κ2) is 4.52. The van der Waals surface area contributed by atoms with Crippen LogP contribution in [-0.4, -0.2) is 30.5 Å². The third-order valence-electron chi connectivity index (χ3n) is 1.87. The van der Waals surface area contributed by atoms with Crippen LogP contribution in [-0.2, 0) is 0 Å². The van der Waals surface area contributed by atoms with Gasteiger partial charge in [-0.25, -0.2) is 4.79 Å². The van der Waals surface area contributed by atoms with Crippen molar-refractivity contribution in [1.82, 2.24) is 0 Å². The van der Waals surface area contributed by atoms with Crippen LogP contribution >= 0.6 is 0 Å². The smallest absolute Gasteiger partial charge is 0.338 e. The van der Waals surface area contributed by atoms with E-state index in [2.05, 4.69) is 0 Å². The zero-order valence-electron chi connectivity index (χ0n) is 8.27. The average molecular weight is 213 g/mol. The van der Waals surface area contributed by atoms with Gasteiger partial charge in [-0.15, -0.1) is 0 Å². The van der Waals surface area contributed by atoms with Crippen molar-refractivity contribution in [2.24, 2.45) is 0 Å². The van der Waals surface area contributed by atoms with Crippen LogP contribution < -0.4 is 15.0 Å². The molecule has 1 aromatic rings. The highest BCUT2D eigenvalue weighted by molar-refractivity contribution is 5.95. The van der Waals surface area contributed by atoms with Crippen LogP contribution in [0.25, 0.3) is 0 Å². The standard InChI is InChI=1S/C9H11NO5/c1-14-7-3-5(9(11)12)6(10-13)4-8(7)15-2/h3-4,10,13H,1-2H3,(H,11,12). The Kier molecular flexibility index (Phi) is 3.35. The van der Waals surface area contributed by atoms with Gasteiger partial charge in [-0.1, -0.05) is 0 Å². The van der Waals surface area contributed by atoms with Crippen molar-refractivity contribution in [2.75, 3.05) is 19.7 Å². The summed E-state index contributed by atoms with van der Waals surface area (Å²) in [7, 11) is 2.81. The third-order valence-corrected chi connectivity index (χ3v) is 1.87. The lowest BCUT2D eigenvalue weighted by Crippen LogP contribution is -2.04. The van der Waals surface area contributed by atoms with Gasteiger partial charge in [0.2, 0.25) is 0 Å². The number of nitrogens with one attached hydrogen (secondary N) is 1. The minimum atomic E-state index is -1.17. The molecule has 6 nitrogen and oxygen atoms in total. The molecule has 6 heteroatoms. The summed E-state index contributed by atoms with van der Waals surface area (Å²) in [6.45, 7) is 0. The highest BCUT2D eigenvalue weighted by atomic mass is 16.5. The van der Waals surface area contributed by atoms with Crippen molar-refractivity contribution in [3.05, 3.63) is 17.7 Å². The van der Waals surface area contributed by atoms with E-state index in [1.54, 1.807) is 5.48 Å². The quantitative estimate of drug-likeness (QED) is 0.651. The van der Waals surface area contributed by atoms with Crippen LogP contribution in [0.2, 0.25) is 0 Å². The van der Waals surface area contributed by atoms with Gasteiger partial charge in [0.1, 0.15) is 0 Å². The average Bonchev–Trinajstić information content (AvgIpc) is 2.26. The molecule has 0 heterocycles. The summed E-state index contributed by atoms with van der Waals surface area (Å²) >= 11 is 0. The molecule has 0 fully saturated rings. The van der Waals surface area contributed by atoms with E-state index < -0.39 is 5.97 Å². The molecule has 15 heavy (non-hydrogen) atoms. The number of anilines is 1. The molecule has 0 spiro atoms. The first-order valence-corrected chi connectivity index (χ1v) is 4.03. The van der Waals surface area contributed by atoms with E-state index in [0.29, 0.717) is 5.75 Å². The molecule has 0 aliphatic heterocycles. The molecule has 0 saturated heterocycles.